The van der Waals surface area contributed by atoms with Crippen molar-refractivity contribution in [2.45, 2.75) is 28.5 Å². The number of aryl methyl sites for hydroxylation is 1. The monoisotopic (exact) mass is 441 g/mol. The molecule has 0 N–H and O–H groups in total. The maximum atomic E-state index is 12.6. The van der Waals surface area contributed by atoms with Gasteiger partial charge in [0.1, 0.15) is 11.6 Å². The zero-order valence-corrected chi connectivity index (χ0v) is 17.8. The van der Waals surface area contributed by atoms with Gasteiger partial charge in [0.15, 0.2) is 15.0 Å². The molecule has 0 aliphatic heterocycles. The van der Waals surface area contributed by atoms with Crippen molar-refractivity contribution < 1.29 is 8.42 Å². The Morgan fingerprint density at radius 2 is 1.74 bits per heavy atom. The summed E-state index contributed by atoms with van der Waals surface area (Å²) in [4.78, 5) is 0.279. The Balaban J connectivity index is 1.73. The third-order valence-corrected chi connectivity index (χ3v) is 7.44. The number of hydrogen-bond donors (Lipinski definition) is 0. The summed E-state index contributed by atoms with van der Waals surface area (Å²) in [5.41, 5.74) is 2.00. The molecule has 0 saturated carbocycles. The number of rotatable bonds is 6. The van der Waals surface area contributed by atoms with Gasteiger partial charge in [0.25, 0.3) is 0 Å². The second-order valence-corrected chi connectivity index (χ2v) is 9.81. The predicted molar refractivity (Wildman–Crippen MR) is 109 cm³/mol. The van der Waals surface area contributed by atoms with Gasteiger partial charge in [-0.25, -0.2) is 8.42 Å². The minimum Gasteiger partial charge on any atom is -0.308 e. The zero-order valence-electron chi connectivity index (χ0n) is 14.7. The minimum atomic E-state index is -3.48. The lowest BCUT2D eigenvalue weighted by molar-refractivity contribution is 0.591. The predicted octanol–water partition coefficient (Wildman–Crippen LogP) is 4.70. The van der Waals surface area contributed by atoms with Crippen molar-refractivity contribution in [1.82, 2.24) is 14.8 Å². The molecule has 142 valence electrons. The van der Waals surface area contributed by atoms with E-state index in [2.05, 4.69) is 10.2 Å². The van der Waals surface area contributed by atoms with E-state index in [0.29, 0.717) is 26.8 Å². The van der Waals surface area contributed by atoms with Crippen LogP contribution in [0.5, 0.6) is 0 Å². The molecule has 0 fully saturated rings. The smallest absolute Gasteiger partial charge is 0.191 e. The second kappa shape index (κ2) is 8.22. The number of thioether (sulfide) groups is 1. The fraction of sp³-hybridized carbons (Fsp3) is 0.222. The lowest BCUT2D eigenvalue weighted by atomic mass is 10.2. The van der Waals surface area contributed by atoms with Crippen LogP contribution in [0.25, 0.3) is 0 Å². The quantitative estimate of drug-likeness (QED) is 0.518. The van der Waals surface area contributed by atoms with Crippen LogP contribution >= 0.6 is 35.0 Å². The molecule has 0 atom stereocenters. The summed E-state index contributed by atoms with van der Waals surface area (Å²) in [6, 6.07) is 12.2. The summed E-state index contributed by atoms with van der Waals surface area (Å²) in [5.74, 6) is 0.813. The van der Waals surface area contributed by atoms with Crippen molar-refractivity contribution in [2.75, 3.05) is 0 Å². The highest BCUT2D eigenvalue weighted by atomic mass is 35.5. The van der Waals surface area contributed by atoms with E-state index >= 15 is 0 Å². The number of hydrogen-bond acceptors (Lipinski definition) is 5. The lowest BCUT2D eigenvalue weighted by Gasteiger charge is -2.06. The third-order valence-electron chi connectivity index (χ3n) is 3.98. The molecule has 0 spiro atoms. The van der Waals surface area contributed by atoms with Crippen LogP contribution in [0, 0.1) is 6.92 Å². The first-order chi connectivity index (χ1) is 12.8. The van der Waals surface area contributed by atoms with Crippen LogP contribution in [0.2, 0.25) is 10.0 Å². The van der Waals surface area contributed by atoms with Gasteiger partial charge in [-0.1, -0.05) is 58.7 Å². The fourth-order valence-corrected chi connectivity index (χ4v) is 4.87. The Labute approximate surface area is 172 Å². The van der Waals surface area contributed by atoms with Gasteiger partial charge in [0, 0.05) is 12.8 Å². The first-order valence-electron chi connectivity index (χ1n) is 8.01. The van der Waals surface area contributed by atoms with Gasteiger partial charge >= 0.3 is 0 Å². The molecule has 0 amide bonds. The zero-order chi connectivity index (χ0) is 19.6. The van der Waals surface area contributed by atoms with Crippen LogP contribution in [0.3, 0.4) is 0 Å². The molecule has 3 rings (SSSR count). The summed E-state index contributed by atoms with van der Waals surface area (Å²) >= 11 is 13.4. The average molecular weight is 442 g/mol. The molecule has 0 aliphatic carbocycles. The molecule has 0 aliphatic rings. The Kier molecular flexibility index (Phi) is 6.15. The fourth-order valence-electron chi connectivity index (χ4n) is 2.37. The van der Waals surface area contributed by atoms with E-state index in [1.165, 1.54) is 11.8 Å². The number of sulfone groups is 1. The molecule has 1 heterocycles. The Morgan fingerprint density at radius 1 is 1.04 bits per heavy atom. The molecule has 5 nitrogen and oxygen atoms in total. The van der Waals surface area contributed by atoms with Crippen LogP contribution < -0.4 is 0 Å². The van der Waals surface area contributed by atoms with Crippen LogP contribution in [0.4, 0.5) is 0 Å². The van der Waals surface area contributed by atoms with Gasteiger partial charge in [0.2, 0.25) is 0 Å². The highest BCUT2D eigenvalue weighted by Gasteiger charge is 2.20. The van der Waals surface area contributed by atoms with Crippen molar-refractivity contribution in [3.63, 3.8) is 0 Å². The normalized spacial score (nSPS) is 11.7. The molecule has 1 aromatic heterocycles. The standard InChI is InChI=1S/C18H17Cl2N3O2S2/c1-12-3-6-14(7-4-12)27(24,25)11-17-21-22-18(23(17)2)26-10-13-5-8-15(19)16(20)9-13/h3-9H,10-11H2,1-2H3. The van der Waals surface area contributed by atoms with Gasteiger partial charge in [0.05, 0.1) is 14.9 Å². The van der Waals surface area contributed by atoms with Crippen molar-refractivity contribution >= 4 is 44.8 Å². The van der Waals surface area contributed by atoms with E-state index in [0.717, 1.165) is 11.1 Å². The van der Waals surface area contributed by atoms with E-state index in [9.17, 15) is 8.42 Å². The van der Waals surface area contributed by atoms with Gasteiger partial charge in [-0.2, -0.15) is 0 Å². The summed E-state index contributed by atoms with van der Waals surface area (Å²) in [6.45, 7) is 1.91. The first-order valence-corrected chi connectivity index (χ1v) is 11.4. The van der Waals surface area contributed by atoms with E-state index in [1.54, 1.807) is 48.0 Å². The third kappa shape index (κ3) is 4.85. The maximum Gasteiger partial charge on any atom is 0.191 e. The molecular formula is C18H17Cl2N3O2S2. The number of halogens is 2. The maximum absolute atomic E-state index is 12.6. The van der Waals surface area contributed by atoms with E-state index < -0.39 is 9.84 Å². The first kappa shape index (κ1) is 20.2. The highest BCUT2D eigenvalue weighted by Crippen LogP contribution is 2.27. The SMILES string of the molecule is Cc1ccc(S(=O)(=O)Cc2nnc(SCc3ccc(Cl)c(Cl)c3)n2C)cc1. The van der Waals surface area contributed by atoms with Gasteiger partial charge in [-0.05, 0) is 36.8 Å². The van der Waals surface area contributed by atoms with Crippen molar-refractivity contribution in [3.8, 4) is 0 Å². The van der Waals surface area contributed by atoms with E-state index in [-0.39, 0.29) is 10.6 Å². The largest absolute Gasteiger partial charge is 0.308 e. The minimum absolute atomic E-state index is 0.201. The Bertz CT molecular complexity index is 1060. The molecule has 9 heteroatoms. The van der Waals surface area contributed by atoms with Crippen molar-refractivity contribution in [3.05, 3.63) is 69.5 Å². The van der Waals surface area contributed by atoms with Crippen LogP contribution in [0.15, 0.2) is 52.5 Å². The number of nitrogens with zero attached hydrogens (tertiary/aromatic N) is 3. The molecule has 0 unspecified atom stereocenters. The summed E-state index contributed by atoms with van der Waals surface area (Å²) in [5, 5.41) is 9.81. The molecule has 27 heavy (non-hydrogen) atoms. The molecule has 3 aromatic rings. The van der Waals surface area contributed by atoms with Gasteiger partial charge < -0.3 is 4.57 Å². The molecule has 0 saturated heterocycles. The number of aromatic nitrogens is 3. The molecular weight excluding hydrogens is 425 g/mol. The summed E-state index contributed by atoms with van der Waals surface area (Å²) in [6.07, 6.45) is 0. The van der Waals surface area contributed by atoms with E-state index in [1.807, 2.05) is 13.0 Å². The molecule has 0 radical (unpaired) electrons. The topological polar surface area (TPSA) is 64.8 Å². The van der Waals surface area contributed by atoms with Crippen molar-refractivity contribution in [1.29, 1.82) is 0 Å². The van der Waals surface area contributed by atoms with Crippen LogP contribution in [-0.4, -0.2) is 23.2 Å². The lowest BCUT2D eigenvalue weighted by Crippen LogP contribution is -2.09. The molecule has 2 aromatic carbocycles. The van der Waals surface area contributed by atoms with Crippen LogP contribution in [-0.2, 0) is 28.4 Å². The summed E-state index contributed by atoms with van der Waals surface area (Å²) in [7, 11) is -1.72. The molecule has 0 bridgehead atoms. The Morgan fingerprint density at radius 3 is 2.41 bits per heavy atom. The average Bonchev–Trinajstić information content (AvgIpc) is 2.96. The second-order valence-electron chi connectivity index (χ2n) is 6.07. The van der Waals surface area contributed by atoms with Gasteiger partial charge in [-0.3, -0.25) is 0 Å². The van der Waals surface area contributed by atoms with Crippen LogP contribution in [0.1, 0.15) is 17.0 Å². The Hall–Kier alpha value is -1.54. The summed E-state index contributed by atoms with van der Waals surface area (Å²) < 4.78 is 26.9. The van der Waals surface area contributed by atoms with Gasteiger partial charge in [-0.15, -0.1) is 10.2 Å². The highest BCUT2D eigenvalue weighted by molar-refractivity contribution is 7.98. The number of benzene rings is 2. The van der Waals surface area contributed by atoms with E-state index in [4.69, 9.17) is 23.2 Å². The van der Waals surface area contributed by atoms with Crippen molar-refractivity contribution in [2.24, 2.45) is 7.05 Å².